The first-order valence-electron chi connectivity index (χ1n) is 5.96. The zero-order chi connectivity index (χ0) is 13.0. The fraction of sp³-hybridized carbons (Fsp3) is 0.400. The molecule has 1 aromatic carbocycles. The molecule has 0 amide bonds. The summed E-state index contributed by atoms with van der Waals surface area (Å²) in [5.74, 6) is -0.0280. The number of carboxylic acid groups (broad SMARTS) is 1. The summed E-state index contributed by atoms with van der Waals surface area (Å²) in [6, 6.07) is 6.25. The van der Waals surface area contributed by atoms with Gasteiger partial charge in [-0.05, 0) is 34.6 Å². The van der Waals surface area contributed by atoms with Crippen LogP contribution in [0.15, 0.2) is 24.3 Å². The molecule has 17 heavy (non-hydrogen) atoms. The number of carboxylic acids is 1. The number of rotatable bonds is 4. The minimum atomic E-state index is -0.910. The summed E-state index contributed by atoms with van der Waals surface area (Å²) in [5, 5.41) is 8.66. The van der Waals surface area contributed by atoms with Crippen LogP contribution in [0, 0.1) is 0 Å². The highest BCUT2D eigenvalue weighted by atomic mass is 16.4. The zero-order valence-corrected chi connectivity index (χ0v) is 10.9. The number of hydrogen-bond donors (Lipinski definition) is 1. The molecule has 0 aliphatic heterocycles. The summed E-state index contributed by atoms with van der Waals surface area (Å²) in [6.07, 6.45) is 2.86. The van der Waals surface area contributed by atoms with E-state index in [4.69, 9.17) is 5.11 Å². The van der Waals surface area contributed by atoms with Crippen LogP contribution >= 0.6 is 0 Å². The van der Waals surface area contributed by atoms with Gasteiger partial charge in [0.15, 0.2) is 0 Å². The van der Waals surface area contributed by atoms with E-state index >= 15 is 0 Å². The van der Waals surface area contributed by atoms with Gasteiger partial charge in [0, 0.05) is 6.08 Å². The van der Waals surface area contributed by atoms with Gasteiger partial charge in [-0.3, -0.25) is 0 Å². The molecule has 0 saturated carbocycles. The third kappa shape index (κ3) is 3.74. The molecule has 0 heterocycles. The molecule has 0 fully saturated rings. The number of aliphatic carboxylic acids is 1. The Morgan fingerprint density at radius 1 is 1.18 bits per heavy atom. The van der Waals surface area contributed by atoms with Crippen LogP contribution in [0.1, 0.15) is 56.2 Å². The van der Waals surface area contributed by atoms with Crippen molar-refractivity contribution in [2.24, 2.45) is 0 Å². The molecule has 2 nitrogen and oxygen atoms in total. The highest BCUT2D eigenvalue weighted by Crippen LogP contribution is 2.25. The number of carbonyl (C=O) groups is 1. The second-order valence-electron chi connectivity index (χ2n) is 4.87. The second-order valence-corrected chi connectivity index (χ2v) is 4.87. The predicted molar refractivity (Wildman–Crippen MR) is 71.3 cm³/mol. The molecule has 0 aromatic heterocycles. The molecule has 92 valence electrons. The van der Waals surface area contributed by atoms with Crippen LogP contribution in [0.2, 0.25) is 0 Å². The minimum absolute atomic E-state index is 0.391. The van der Waals surface area contributed by atoms with Gasteiger partial charge in [-0.1, -0.05) is 45.9 Å². The maximum atomic E-state index is 10.5. The molecule has 1 N–H and O–H groups in total. The van der Waals surface area contributed by atoms with Crippen LogP contribution in [0.5, 0.6) is 0 Å². The van der Waals surface area contributed by atoms with Crippen LogP contribution in [0.25, 0.3) is 6.08 Å². The van der Waals surface area contributed by atoms with Gasteiger partial charge >= 0.3 is 5.97 Å². The summed E-state index contributed by atoms with van der Waals surface area (Å²) in [5.41, 5.74) is 3.49. The average Bonchev–Trinajstić information content (AvgIpc) is 2.25. The third-order valence-electron chi connectivity index (χ3n) is 2.80. The van der Waals surface area contributed by atoms with Gasteiger partial charge in [-0.25, -0.2) is 4.79 Å². The first-order valence-corrected chi connectivity index (χ1v) is 5.96. The normalized spacial score (nSPS) is 11.6. The quantitative estimate of drug-likeness (QED) is 0.796. The molecular weight excluding hydrogens is 212 g/mol. The molecule has 0 aliphatic rings. The summed E-state index contributed by atoms with van der Waals surface area (Å²) in [6.45, 7) is 8.56. The lowest BCUT2D eigenvalue weighted by molar-refractivity contribution is -0.131. The van der Waals surface area contributed by atoms with E-state index in [0.717, 1.165) is 5.56 Å². The highest BCUT2D eigenvalue weighted by Gasteiger charge is 2.08. The molecule has 0 spiro atoms. The summed E-state index contributed by atoms with van der Waals surface area (Å²) in [4.78, 5) is 10.5. The Kier molecular flexibility index (Phi) is 4.50. The maximum Gasteiger partial charge on any atom is 0.328 e. The van der Waals surface area contributed by atoms with Gasteiger partial charge in [-0.2, -0.15) is 0 Å². The molecule has 0 bridgehead atoms. The van der Waals surface area contributed by atoms with E-state index in [0.29, 0.717) is 11.8 Å². The van der Waals surface area contributed by atoms with Crippen molar-refractivity contribution in [1.82, 2.24) is 0 Å². The fourth-order valence-corrected chi connectivity index (χ4v) is 1.77. The van der Waals surface area contributed by atoms with Crippen molar-refractivity contribution in [1.29, 1.82) is 0 Å². The minimum Gasteiger partial charge on any atom is -0.478 e. The van der Waals surface area contributed by atoms with Crippen LogP contribution in [-0.4, -0.2) is 11.1 Å². The first kappa shape index (κ1) is 13.5. The lowest BCUT2D eigenvalue weighted by atomic mass is 9.91. The first-order chi connectivity index (χ1) is 7.91. The predicted octanol–water partition coefficient (Wildman–Crippen LogP) is 4.03. The monoisotopic (exact) mass is 232 g/mol. The van der Waals surface area contributed by atoms with E-state index in [1.807, 2.05) is 6.07 Å². The zero-order valence-electron chi connectivity index (χ0n) is 10.9. The maximum absolute atomic E-state index is 10.5. The topological polar surface area (TPSA) is 37.3 Å². The Morgan fingerprint density at radius 2 is 1.82 bits per heavy atom. The molecule has 1 aromatic rings. The van der Waals surface area contributed by atoms with Crippen molar-refractivity contribution < 1.29 is 9.90 Å². The smallest absolute Gasteiger partial charge is 0.328 e. The van der Waals surface area contributed by atoms with Gasteiger partial charge in [0.25, 0.3) is 0 Å². The van der Waals surface area contributed by atoms with Crippen LogP contribution < -0.4 is 0 Å². The summed E-state index contributed by atoms with van der Waals surface area (Å²) in [7, 11) is 0. The molecule has 0 atom stereocenters. The van der Waals surface area contributed by atoms with Crippen molar-refractivity contribution in [2.75, 3.05) is 0 Å². The Bertz CT molecular complexity index is 429. The van der Waals surface area contributed by atoms with Gasteiger partial charge in [0.1, 0.15) is 0 Å². The van der Waals surface area contributed by atoms with Crippen molar-refractivity contribution in [3.05, 3.63) is 41.0 Å². The molecule has 0 unspecified atom stereocenters. The summed E-state index contributed by atoms with van der Waals surface area (Å²) >= 11 is 0. The lowest BCUT2D eigenvalue weighted by Gasteiger charge is -2.14. The Hall–Kier alpha value is -1.57. The average molecular weight is 232 g/mol. The largest absolute Gasteiger partial charge is 0.478 e. The molecule has 2 heteroatoms. The van der Waals surface area contributed by atoms with E-state index in [-0.39, 0.29) is 0 Å². The van der Waals surface area contributed by atoms with Gasteiger partial charge in [0.2, 0.25) is 0 Å². The Labute approximate surface area is 103 Å². The number of hydrogen-bond acceptors (Lipinski definition) is 1. The van der Waals surface area contributed by atoms with Gasteiger partial charge in [0.05, 0.1) is 0 Å². The van der Waals surface area contributed by atoms with Crippen molar-refractivity contribution in [3.8, 4) is 0 Å². The molecule has 0 aliphatic carbocycles. The third-order valence-corrected chi connectivity index (χ3v) is 2.80. The van der Waals surface area contributed by atoms with Crippen LogP contribution in [0.4, 0.5) is 0 Å². The van der Waals surface area contributed by atoms with E-state index in [9.17, 15) is 4.79 Å². The van der Waals surface area contributed by atoms with E-state index in [1.54, 1.807) is 6.08 Å². The molecule has 0 radical (unpaired) electrons. The summed E-state index contributed by atoms with van der Waals surface area (Å²) < 4.78 is 0. The standard InChI is InChI=1S/C15H20O2/c1-10(2)13-6-5-12(7-8-15(16)17)14(9-13)11(3)4/h5-11H,1-4H3,(H,16,17). The lowest BCUT2D eigenvalue weighted by Crippen LogP contribution is -1.97. The van der Waals surface area contributed by atoms with Crippen molar-refractivity contribution in [3.63, 3.8) is 0 Å². The van der Waals surface area contributed by atoms with Crippen LogP contribution in [-0.2, 0) is 4.79 Å². The van der Waals surface area contributed by atoms with Crippen LogP contribution in [0.3, 0.4) is 0 Å². The second kappa shape index (κ2) is 5.67. The Morgan fingerprint density at radius 3 is 2.29 bits per heavy atom. The SMILES string of the molecule is CC(C)c1ccc(C=CC(=O)O)c(C(C)C)c1. The molecule has 0 saturated heterocycles. The van der Waals surface area contributed by atoms with E-state index in [1.165, 1.54) is 17.2 Å². The van der Waals surface area contributed by atoms with E-state index in [2.05, 4.69) is 39.8 Å². The Balaban J connectivity index is 3.17. The molecule has 1 rings (SSSR count). The van der Waals surface area contributed by atoms with Crippen molar-refractivity contribution in [2.45, 2.75) is 39.5 Å². The highest BCUT2D eigenvalue weighted by molar-refractivity contribution is 5.85. The van der Waals surface area contributed by atoms with Crippen molar-refractivity contribution >= 4 is 12.0 Å². The van der Waals surface area contributed by atoms with E-state index < -0.39 is 5.97 Å². The van der Waals surface area contributed by atoms with Gasteiger partial charge in [-0.15, -0.1) is 0 Å². The number of benzene rings is 1. The molecular formula is C15H20O2. The van der Waals surface area contributed by atoms with Gasteiger partial charge < -0.3 is 5.11 Å². The fourth-order valence-electron chi connectivity index (χ4n) is 1.77.